The molecule has 0 rings (SSSR count). The van der Waals surface area contributed by atoms with Crippen LogP contribution in [0.5, 0.6) is 0 Å². The molecule has 0 N–H and O–H groups in total. The van der Waals surface area contributed by atoms with Crippen LogP contribution in [0.25, 0.3) is 0 Å². The molecule has 0 unspecified atom stereocenters. The Hall–Kier alpha value is 2.36. The molecular weight excluding hydrogens is 391 g/mol. The molecule has 0 heterocycles. The molecule has 0 aliphatic heterocycles. The minimum absolute atomic E-state index is 0. The van der Waals surface area contributed by atoms with Gasteiger partial charge in [0.2, 0.25) is 0 Å². The van der Waals surface area contributed by atoms with E-state index in [1.54, 1.807) is 0 Å². The third kappa shape index (κ3) is 81.3. The third-order valence-electron chi connectivity index (χ3n) is 0. The fourth-order valence-electron chi connectivity index (χ4n) is 0. The van der Waals surface area contributed by atoms with Crippen LogP contribution < -0.4 is 18.9 Å². The summed E-state index contributed by atoms with van der Waals surface area (Å²) in [5.41, 5.74) is 0. The van der Waals surface area contributed by atoms with Gasteiger partial charge < -0.3 is 21.9 Å². The first-order valence-corrected chi connectivity index (χ1v) is 0. The molecule has 4 nitrogen and oxygen atoms in total. The molecule has 0 aromatic rings. The molecule has 0 fully saturated rings. The Kier molecular flexibility index (Phi) is 2390. The first-order valence-electron chi connectivity index (χ1n) is 0. The fourth-order valence-corrected chi connectivity index (χ4v) is 0. The minimum atomic E-state index is 0. The van der Waals surface area contributed by atoms with E-state index in [9.17, 15) is 0 Å². The van der Waals surface area contributed by atoms with Gasteiger partial charge in [-0.25, -0.2) is 0 Å². The van der Waals surface area contributed by atoms with E-state index < -0.39 is 0 Å². The van der Waals surface area contributed by atoms with Gasteiger partial charge in [0.25, 0.3) is 0 Å². The molecule has 8 heavy (non-hydrogen) atoms. The molecule has 0 aromatic carbocycles. The zero-order valence-corrected chi connectivity index (χ0v) is 9.57. The van der Waals surface area contributed by atoms with Crippen molar-refractivity contribution < 1.29 is 74.9 Å². The van der Waals surface area contributed by atoms with Crippen molar-refractivity contribution >= 4 is 26.2 Å². The van der Waals surface area contributed by atoms with Crippen molar-refractivity contribution in [3.63, 3.8) is 0 Å². The zero-order chi connectivity index (χ0) is 0. The molecule has 0 aliphatic rings. The molecule has 0 spiro atoms. The fraction of sp³-hybridized carbons (Fsp3) is 0. The van der Waals surface area contributed by atoms with E-state index in [1.165, 1.54) is 0 Å². The first-order chi connectivity index (χ1) is 0. The summed E-state index contributed by atoms with van der Waals surface area (Å²) in [7, 11) is 0. The van der Waals surface area contributed by atoms with E-state index in [0.717, 1.165) is 0 Å². The molecule has 0 atom stereocenters. The van der Waals surface area contributed by atoms with Crippen molar-refractivity contribution in [2.75, 3.05) is 0 Å². The molecule has 8 heteroatoms. The maximum atomic E-state index is 0. The first kappa shape index (κ1) is 163. The topological polar surface area (TPSA) is 114 Å². The summed E-state index contributed by atoms with van der Waals surface area (Å²) in [4.78, 5) is 0. The van der Waals surface area contributed by atoms with E-state index in [-0.39, 0.29) is 101 Å². The van der Waals surface area contributed by atoms with Crippen LogP contribution in [-0.2, 0) is 56.0 Å². The van der Waals surface area contributed by atoms with Gasteiger partial charge in [0, 0.05) is 0 Å². The maximum Gasteiger partial charge on any atom is 3.00 e. The molecule has 0 aromatic heterocycles. The summed E-state index contributed by atoms with van der Waals surface area (Å²) in [5.74, 6) is 0. The van der Waals surface area contributed by atoms with Crippen LogP contribution >= 0.6 is 0 Å². The maximum absolute atomic E-state index is 0. The molecule has 3 radical (unpaired) electrons. The van der Waals surface area contributed by atoms with Gasteiger partial charge in [-0.3, -0.25) is 0 Å². The van der Waals surface area contributed by atoms with Crippen molar-refractivity contribution in [1.29, 1.82) is 0 Å². The van der Waals surface area contributed by atoms with E-state index >= 15 is 0 Å². The number of hydrogen-bond donors (Lipinski definition) is 0. The van der Waals surface area contributed by atoms with Crippen molar-refractivity contribution in [2.24, 2.45) is 0 Å². The van der Waals surface area contributed by atoms with Crippen molar-refractivity contribution in [2.45, 2.75) is 0 Å². The van der Waals surface area contributed by atoms with Gasteiger partial charge in [-0.15, -0.1) is 0 Å². The van der Waals surface area contributed by atoms with Gasteiger partial charge in [0.05, 0.1) is 0 Å². The number of hydrogen-bond acceptors (Lipinski definition) is 0. The molecular formula is BiFeLiMnO4. The average Bonchev–Trinajstić information content (AvgIpc) is 0. The smallest absolute Gasteiger partial charge is 2.00 e. The average molecular weight is 391 g/mol. The Morgan fingerprint density at radius 2 is 0.625 bits per heavy atom. The summed E-state index contributed by atoms with van der Waals surface area (Å²) < 4.78 is 0. The Morgan fingerprint density at radius 3 is 0.625 bits per heavy atom. The third-order valence-corrected chi connectivity index (χ3v) is 0. The van der Waals surface area contributed by atoms with Gasteiger partial charge in [-0.2, -0.15) is 0 Å². The standard InChI is InChI=1S/Bi.Fe.Li.Mn.4O/q+3;+2;+1;+2;4*-2. The Morgan fingerprint density at radius 1 is 0.625 bits per heavy atom. The summed E-state index contributed by atoms with van der Waals surface area (Å²) in [6.07, 6.45) is 0. The Balaban J connectivity index is 0. The second kappa shape index (κ2) is 117. The van der Waals surface area contributed by atoms with Crippen LogP contribution in [0.3, 0.4) is 0 Å². The van der Waals surface area contributed by atoms with Crippen LogP contribution in [0.2, 0.25) is 0 Å². The van der Waals surface area contributed by atoms with Gasteiger partial charge in [-0.1, -0.05) is 0 Å². The molecule has 0 amide bonds. The van der Waals surface area contributed by atoms with Crippen molar-refractivity contribution in [1.82, 2.24) is 0 Å². The Labute approximate surface area is 100 Å². The molecule has 0 bridgehead atoms. The molecule has 0 aliphatic carbocycles. The van der Waals surface area contributed by atoms with E-state index in [0.29, 0.717) is 0 Å². The quantitative estimate of drug-likeness (QED) is 0.377. The second-order valence-corrected chi connectivity index (χ2v) is 0. The predicted molar refractivity (Wildman–Crippen MR) is 8.50 cm³/mol. The van der Waals surface area contributed by atoms with Crippen LogP contribution in [0.15, 0.2) is 0 Å². The van der Waals surface area contributed by atoms with E-state index in [2.05, 4.69) is 0 Å². The summed E-state index contributed by atoms with van der Waals surface area (Å²) >= 11 is 0. The van der Waals surface area contributed by atoms with Crippen LogP contribution in [0.1, 0.15) is 0 Å². The zero-order valence-electron chi connectivity index (χ0n) is 3.81. The normalized spacial score (nSPS) is 0. The summed E-state index contributed by atoms with van der Waals surface area (Å²) in [5, 5.41) is 0. The van der Waals surface area contributed by atoms with Gasteiger partial charge in [-0.05, 0) is 0 Å². The van der Waals surface area contributed by atoms with Crippen LogP contribution in [0, 0.1) is 0 Å². The summed E-state index contributed by atoms with van der Waals surface area (Å²) in [6.45, 7) is 0. The largest absolute Gasteiger partial charge is 3.00 e. The summed E-state index contributed by atoms with van der Waals surface area (Å²) in [6, 6.07) is 0. The van der Waals surface area contributed by atoms with Crippen molar-refractivity contribution in [3.05, 3.63) is 0 Å². The second-order valence-electron chi connectivity index (χ2n) is 0. The van der Waals surface area contributed by atoms with Gasteiger partial charge >= 0.3 is 79.2 Å². The van der Waals surface area contributed by atoms with E-state index in [1.807, 2.05) is 0 Å². The van der Waals surface area contributed by atoms with Crippen molar-refractivity contribution in [3.8, 4) is 0 Å². The SMILES string of the molecule is [Bi+3].[Fe+2].[Li+].[Mn+2].[O-2].[O-2].[O-2].[O-2]. The molecule has 0 saturated heterocycles. The van der Waals surface area contributed by atoms with E-state index in [4.69, 9.17) is 0 Å². The van der Waals surface area contributed by atoms with Gasteiger partial charge in [0.15, 0.2) is 0 Å². The number of rotatable bonds is 0. The molecule has 0 saturated carbocycles. The van der Waals surface area contributed by atoms with Crippen LogP contribution in [-0.4, -0.2) is 26.2 Å². The molecule has 45 valence electrons. The van der Waals surface area contributed by atoms with Gasteiger partial charge in [0.1, 0.15) is 0 Å². The predicted octanol–water partition coefficient (Wildman–Crippen LogP) is -3.86. The van der Waals surface area contributed by atoms with Crippen LogP contribution in [0.4, 0.5) is 0 Å². The Bertz CT molecular complexity index is 16.0. The minimum Gasteiger partial charge on any atom is -2.00 e. The monoisotopic (exact) mass is 391 g/mol.